The Morgan fingerprint density at radius 1 is 0.689 bits per heavy atom. The number of methoxy groups -OCH3 is 2. The number of nitrogens with zero attached hydrogens (tertiary/aromatic N) is 2. The number of pyridine rings is 1. The summed E-state index contributed by atoms with van der Waals surface area (Å²) in [5, 5.41) is 0. The summed E-state index contributed by atoms with van der Waals surface area (Å²) in [6.07, 6.45) is 17.7. The number of benzene rings is 2. The molecule has 0 aliphatic carbocycles. The van der Waals surface area contributed by atoms with Crippen molar-refractivity contribution in [2.75, 3.05) is 20.8 Å². The van der Waals surface area contributed by atoms with Gasteiger partial charge in [0.2, 0.25) is 5.69 Å². The Morgan fingerprint density at radius 3 is 1.93 bits per heavy atom. The molecule has 6 nitrogen and oxygen atoms in total. The number of aryl methyl sites for hydroxylation is 1. The molecule has 1 aromatic heterocycles. The average Bonchev–Trinajstić information content (AvgIpc) is 3.06. The predicted molar refractivity (Wildman–Crippen MR) is 178 cm³/mol. The molecule has 0 aliphatic rings. The topological polar surface area (TPSA) is 51.9 Å². The van der Waals surface area contributed by atoms with Crippen LogP contribution >= 0.6 is 0 Å². The molecule has 2 aromatic carbocycles. The SMILES string of the molecule is CCCCCCCCCCCCCCOc1c(CN(Cc2cccc[n+]2CC)C(=O)c2ccccc2OC)cccc1OC.[I-]. The molecule has 3 aromatic rings. The monoisotopic (exact) mass is 730 g/mol. The van der Waals surface area contributed by atoms with Gasteiger partial charge < -0.3 is 43.1 Å². The van der Waals surface area contributed by atoms with E-state index in [1.54, 1.807) is 14.2 Å². The third kappa shape index (κ3) is 12.8. The average molecular weight is 731 g/mol. The second-order valence-corrected chi connectivity index (χ2v) is 11.5. The Bertz CT molecular complexity index is 1250. The van der Waals surface area contributed by atoms with Crippen molar-refractivity contribution < 1.29 is 47.5 Å². The Balaban J connectivity index is 0.00000705. The van der Waals surface area contributed by atoms with Gasteiger partial charge in [0.05, 0.1) is 32.9 Å². The standard InChI is InChI=1S/C38H55N2O4.HI/c1-5-7-8-9-10-11-12-13-14-15-16-21-29-44-37-32(23-22-27-36(37)43-4)30-40(31-33-24-19-20-28-39(33)6-2)38(41)34-25-17-18-26-35(34)42-3;/h17-20,22-28H,5-16,21,29-31H2,1-4H3;1H/q+1;/p-1. The summed E-state index contributed by atoms with van der Waals surface area (Å²) in [5.41, 5.74) is 2.52. The van der Waals surface area contributed by atoms with E-state index in [4.69, 9.17) is 14.2 Å². The maximum absolute atomic E-state index is 14.0. The van der Waals surface area contributed by atoms with E-state index in [1.807, 2.05) is 59.5 Å². The Labute approximate surface area is 289 Å². The molecular weight excluding hydrogens is 675 g/mol. The van der Waals surface area contributed by atoms with Gasteiger partial charge >= 0.3 is 0 Å². The normalized spacial score (nSPS) is 10.7. The number of amides is 1. The van der Waals surface area contributed by atoms with Gasteiger partial charge in [0, 0.05) is 17.7 Å². The van der Waals surface area contributed by atoms with Crippen LogP contribution in [0, 0.1) is 0 Å². The fourth-order valence-electron chi connectivity index (χ4n) is 5.68. The first-order chi connectivity index (χ1) is 21.6. The molecule has 1 heterocycles. The number of carbonyl (C=O) groups excluding carboxylic acids is 1. The fraction of sp³-hybridized carbons (Fsp3) is 0.526. The van der Waals surface area contributed by atoms with E-state index in [2.05, 4.69) is 30.7 Å². The van der Waals surface area contributed by atoms with Crippen molar-refractivity contribution >= 4 is 5.91 Å². The van der Waals surface area contributed by atoms with E-state index in [0.29, 0.717) is 42.5 Å². The lowest BCUT2D eigenvalue weighted by atomic mass is 10.1. The summed E-state index contributed by atoms with van der Waals surface area (Å²) in [6.45, 7) is 6.65. The zero-order chi connectivity index (χ0) is 31.4. The molecule has 0 fully saturated rings. The van der Waals surface area contributed by atoms with Crippen LogP contribution < -0.4 is 42.8 Å². The number of ether oxygens (including phenoxy) is 3. The number of carbonyl (C=O) groups is 1. The van der Waals surface area contributed by atoms with Gasteiger partial charge in [0.1, 0.15) is 18.8 Å². The summed E-state index contributed by atoms with van der Waals surface area (Å²) in [5.74, 6) is 1.87. The van der Waals surface area contributed by atoms with Crippen molar-refractivity contribution in [1.29, 1.82) is 0 Å². The Morgan fingerprint density at radius 2 is 1.29 bits per heavy atom. The molecular formula is C38H55IN2O4. The van der Waals surface area contributed by atoms with E-state index in [-0.39, 0.29) is 29.9 Å². The maximum Gasteiger partial charge on any atom is 0.258 e. The third-order valence-electron chi connectivity index (χ3n) is 8.24. The van der Waals surface area contributed by atoms with Gasteiger partial charge in [-0.2, -0.15) is 0 Å². The molecule has 0 unspecified atom stereocenters. The highest BCUT2D eigenvalue weighted by Crippen LogP contribution is 2.33. The van der Waals surface area contributed by atoms with E-state index in [9.17, 15) is 4.79 Å². The predicted octanol–water partition coefficient (Wildman–Crippen LogP) is 5.94. The highest BCUT2D eigenvalue weighted by Gasteiger charge is 2.25. The van der Waals surface area contributed by atoms with Crippen molar-refractivity contribution in [1.82, 2.24) is 4.90 Å². The lowest BCUT2D eigenvalue weighted by Crippen LogP contribution is -3.00. The summed E-state index contributed by atoms with van der Waals surface area (Å²) in [6, 6.07) is 19.4. The molecule has 0 N–H and O–H groups in total. The summed E-state index contributed by atoms with van der Waals surface area (Å²) < 4.78 is 19.8. The number of halogens is 1. The van der Waals surface area contributed by atoms with E-state index in [1.165, 1.54) is 64.2 Å². The Hall–Kier alpha value is -2.81. The molecule has 248 valence electrons. The minimum Gasteiger partial charge on any atom is -1.00 e. The van der Waals surface area contributed by atoms with Gasteiger partial charge in [-0.25, -0.2) is 4.57 Å². The van der Waals surface area contributed by atoms with Crippen molar-refractivity contribution in [3.63, 3.8) is 0 Å². The van der Waals surface area contributed by atoms with E-state index in [0.717, 1.165) is 30.6 Å². The van der Waals surface area contributed by atoms with Crippen LogP contribution in [-0.4, -0.2) is 31.6 Å². The summed E-state index contributed by atoms with van der Waals surface area (Å²) in [4.78, 5) is 15.9. The molecule has 0 radical (unpaired) electrons. The number of hydrogen-bond acceptors (Lipinski definition) is 4. The number of para-hydroxylation sites is 2. The molecule has 0 saturated heterocycles. The van der Waals surface area contributed by atoms with Crippen LogP contribution in [0.1, 0.15) is 113 Å². The summed E-state index contributed by atoms with van der Waals surface area (Å²) >= 11 is 0. The molecule has 0 saturated carbocycles. The van der Waals surface area contributed by atoms with Crippen LogP contribution in [0.3, 0.4) is 0 Å². The van der Waals surface area contributed by atoms with Crippen LogP contribution in [0.5, 0.6) is 17.2 Å². The van der Waals surface area contributed by atoms with Crippen LogP contribution in [0.15, 0.2) is 66.9 Å². The minimum atomic E-state index is -0.0938. The molecule has 3 rings (SSSR count). The largest absolute Gasteiger partial charge is 1.00 e. The first-order valence-electron chi connectivity index (χ1n) is 16.8. The molecule has 0 aliphatic heterocycles. The van der Waals surface area contributed by atoms with Crippen LogP contribution in [-0.2, 0) is 19.6 Å². The molecule has 0 spiro atoms. The smallest absolute Gasteiger partial charge is 0.258 e. The first kappa shape index (κ1) is 38.4. The molecule has 0 bridgehead atoms. The number of aromatic nitrogens is 1. The van der Waals surface area contributed by atoms with Gasteiger partial charge in [-0.1, -0.05) is 108 Å². The van der Waals surface area contributed by atoms with Crippen molar-refractivity contribution in [3.05, 3.63) is 83.7 Å². The van der Waals surface area contributed by atoms with Gasteiger partial charge in [0.15, 0.2) is 17.7 Å². The first-order valence-corrected chi connectivity index (χ1v) is 16.8. The summed E-state index contributed by atoms with van der Waals surface area (Å²) in [7, 11) is 3.27. The van der Waals surface area contributed by atoms with Crippen molar-refractivity contribution in [2.24, 2.45) is 0 Å². The van der Waals surface area contributed by atoms with Crippen LogP contribution in [0.4, 0.5) is 0 Å². The molecule has 0 atom stereocenters. The van der Waals surface area contributed by atoms with Crippen molar-refractivity contribution in [3.8, 4) is 17.2 Å². The molecule has 45 heavy (non-hydrogen) atoms. The van der Waals surface area contributed by atoms with E-state index >= 15 is 0 Å². The second kappa shape index (κ2) is 22.7. The molecule has 1 amide bonds. The third-order valence-corrected chi connectivity index (χ3v) is 8.24. The van der Waals surface area contributed by atoms with Gasteiger partial charge in [-0.15, -0.1) is 0 Å². The van der Waals surface area contributed by atoms with Crippen LogP contribution in [0.25, 0.3) is 0 Å². The van der Waals surface area contributed by atoms with Gasteiger partial charge in [0.25, 0.3) is 5.91 Å². The second-order valence-electron chi connectivity index (χ2n) is 11.5. The van der Waals surface area contributed by atoms with Crippen molar-refractivity contribution in [2.45, 2.75) is 111 Å². The quantitative estimate of drug-likeness (QED) is 0.0731. The van der Waals surface area contributed by atoms with Gasteiger partial charge in [-0.3, -0.25) is 4.79 Å². The highest BCUT2D eigenvalue weighted by molar-refractivity contribution is 5.96. The lowest BCUT2D eigenvalue weighted by molar-refractivity contribution is -0.701. The number of rotatable bonds is 22. The molecule has 7 heteroatoms. The van der Waals surface area contributed by atoms with Crippen LogP contribution in [0.2, 0.25) is 0 Å². The fourth-order valence-corrected chi connectivity index (χ4v) is 5.68. The number of hydrogen-bond donors (Lipinski definition) is 0. The Kier molecular flexibility index (Phi) is 19.3. The highest BCUT2D eigenvalue weighted by atomic mass is 127. The maximum atomic E-state index is 14.0. The lowest BCUT2D eigenvalue weighted by Gasteiger charge is -2.25. The zero-order valence-corrected chi connectivity index (χ0v) is 30.2. The zero-order valence-electron chi connectivity index (χ0n) is 28.1. The van der Waals surface area contributed by atoms with E-state index < -0.39 is 0 Å². The number of unbranched alkanes of at least 4 members (excludes halogenated alkanes) is 11. The van der Waals surface area contributed by atoms with Gasteiger partial charge in [-0.05, 0) is 31.5 Å². The minimum absolute atomic E-state index is 0.